The first-order valence-corrected chi connectivity index (χ1v) is 5.58. The predicted octanol–water partition coefficient (Wildman–Crippen LogP) is 2.49. The highest BCUT2D eigenvalue weighted by Crippen LogP contribution is 2.39. The summed E-state index contributed by atoms with van der Waals surface area (Å²) in [7, 11) is 0. The molecule has 1 N–H and O–H groups in total. The van der Waals surface area contributed by atoms with Crippen molar-refractivity contribution in [3.63, 3.8) is 0 Å². The molecule has 110 valence electrons. The summed E-state index contributed by atoms with van der Waals surface area (Å²) >= 11 is 0. The van der Waals surface area contributed by atoms with E-state index >= 15 is 0 Å². The summed E-state index contributed by atoms with van der Waals surface area (Å²) in [5.41, 5.74) is 0.547. The molecule has 1 aromatic rings. The number of carbonyl (C=O) groups is 1. The third kappa shape index (κ3) is 3.19. The van der Waals surface area contributed by atoms with Gasteiger partial charge < -0.3 is 14.6 Å². The number of hydrogen-bond acceptors (Lipinski definition) is 3. The molecule has 2 rings (SSSR count). The van der Waals surface area contributed by atoms with E-state index in [0.717, 1.165) is 0 Å². The van der Waals surface area contributed by atoms with Gasteiger partial charge in [-0.15, -0.1) is 0 Å². The molecule has 20 heavy (non-hydrogen) atoms. The lowest BCUT2D eigenvalue weighted by Crippen LogP contribution is -2.33. The first-order chi connectivity index (χ1) is 9.31. The van der Waals surface area contributed by atoms with Crippen LogP contribution < -0.4 is 4.74 Å². The number of carboxylic acids is 1. The maximum atomic E-state index is 12.6. The number of halogens is 4. The van der Waals surface area contributed by atoms with Crippen molar-refractivity contribution in [2.45, 2.75) is 24.6 Å². The Labute approximate surface area is 110 Å². The Bertz CT molecular complexity index is 489. The van der Waals surface area contributed by atoms with E-state index in [1.807, 2.05) is 0 Å². The molecule has 0 radical (unpaired) electrons. The lowest BCUT2D eigenvalue weighted by molar-refractivity contribution is -0.148. The molecule has 4 nitrogen and oxygen atoms in total. The fraction of sp³-hybridized carbons (Fsp3) is 0.417. The summed E-state index contributed by atoms with van der Waals surface area (Å²) in [6.45, 7) is -1.43. The van der Waals surface area contributed by atoms with Gasteiger partial charge in [-0.2, -0.15) is 8.78 Å². The van der Waals surface area contributed by atoms with E-state index in [0.29, 0.717) is 5.56 Å². The Morgan fingerprint density at radius 1 is 1.35 bits per heavy atom. The average molecular weight is 294 g/mol. The molecule has 0 aliphatic carbocycles. The van der Waals surface area contributed by atoms with Gasteiger partial charge in [0.1, 0.15) is 11.9 Å². The Morgan fingerprint density at radius 2 is 1.95 bits per heavy atom. The van der Waals surface area contributed by atoms with Crippen LogP contribution in [0.4, 0.5) is 17.6 Å². The Kier molecular flexibility index (Phi) is 3.85. The van der Waals surface area contributed by atoms with Gasteiger partial charge in [-0.05, 0) is 17.7 Å². The summed E-state index contributed by atoms with van der Waals surface area (Å²) in [6, 6.07) is 5.45. The molecule has 0 saturated carbocycles. The second-order valence-electron chi connectivity index (χ2n) is 4.23. The van der Waals surface area contributed by atoms with E-state index in [1.54, 1.807) is 0 Å². The van der Waals surface area contributed by atoms with Crippen molar-refractivity contribution in [1.29, 1.82) is 0 Å². The molecule has 0 aromatic heterocycles. The summed E-state index contributed by atoms with van der Waals surface area (Å²) in [4.78, 5) is 10.6. The molecule has 0 bridgehead atoms. The first kappa shape index (κ1) is 14.6. The third-order valence-electron chi connectivity index (χ3n) is 2.69. The molecular weight excluding hydrogens is 284 g/mol. The SMILES string of the molecule is O=C(O)C1OC1c1ccc(OCC(F)(F)C(F)F)cc1. The molecule has 0 spiro atoms. The topological polar surface area (TPSA) is 59.1 Å². The zero-order valence-electron chi connectivity index (χ0n) is 9.93. The smallest absolute Gasteiger partial charge is 0.340 e. The quantitative estimate of drug-likeness (QED) is 0.647. The van der Waals surface area contributed by atoms with E-state index < -0.39 is 37.1 Å². The zero-order chi connectivity index (χ0) is 14.9. The summed E-state index contributed by atoms with van der Waals surface area (Å²) in [5.74, 6) is -5.32. The Balaban J connectivity index is 1.91. The molecule has 1 aromatic carbocycles. The average Bonchev–Trinajstić information content (AvgIpc) is 3.17. The fourth-order valence-electron chi connectivity index (χ4n) is 1.55. The van der Waals surface area contributed by atoms with Gasteiger partial charge in [-0.3, -0.25) is 0 Å². The van der Waals surface area contributed by atoms with Gasteiger partial charge in [0.05, 0.1) is 0 Å². The number of ether oxygens (including phenoxy) is 2. The van der Waals surface area contributed by atoms with Gasteiger partial charge in [0, 0.05) is 0 Å². The lowest BCUT2D eigenvalue weighted by Gasteiger charge is -2.15. The summed E-state index contributed by atoms with van der Waals surface area (Å²) in [6.07, 6.45) is -5.29. The molecule has 1 aliphatic rings. The summed E-state index contributed by atoms with van der Waals surface area (Å²) in [5, 5.41) is 8.66. The minimum Gasteiger partial charge on any atom is -0.487 e. The number of aliphatic carboxylic acids is 1. The number of carboxylic acid groups (broad SMARTS) is 1. The van der Waals surface area contributed by atoms with E-state index in [2.05, 4.69) is 4.74 Å². The largest absolute Gasteiger partial charge is 0.487 e. The molecule has 1 aliphatic heterocycles. The van der Waals surface area contributed by atoms with Crippen molar-refractivity contribution in [2.75, 3.05) is 6.61 Å². The van der Waals surface area contributed by atoms with Gasteiger partial charge in [0.2, 0.25) is 0 Å². The van der Waals surface area contributed by atoms with Gasteiger partial charge in [-0.1, -0.05) is 12.1 Å². The van der Waals surface area contributed by atoms with Crippen molar-refractivity contribution in [1.82, 2.24) is 0 Å². The van der Waals surface area contributed by atoms with Gasteiger partial charge in [-0.25, -0.2) is 13.6 Å². The number of hydrogen-bond donors (Lipinski definition) is 1. The minimum absolute atomic E-state index is 0.0124. The van der Waals surface area contributed by atoms with Gasteiger partial charge >= 0.3 is 18.3 Å². The van der Waals surface area contributed by atoms with E-state index in [-0.39, 0.29) is 5.75 Å². The number of benzene rings is 1. The van der Waals surface area contributed by atoms with Crippen LogP contribution in [0.25, 0.3) is 0 Å². The second kappa shape index (κ2) is 5.28. The highest BCUT2D eigenvalue weighted by Gasteiger charge is 2.46. The van der Waals surface area contributed by atoms with Crippen molar-refractivity contribution < 1.29 is 36.9 Å². The monoisotopic (exact) mass is 294 g/mol. The number of rotatable bonds is 6. The fourth-order valence-corrected chi connectivity index (χ4v) is 1.55. The lowest BCUT2D eigenvalue weighted by atomic mass is 10.1. The highest BCUT2D eigenvalue weighted by atomic mass is 19.3. The maximum Gasteiger partial charge on any atom is 0.340 e. The van der Waals surface area contributed by atoms with Crippen LogP contribution in [0, 0.1) is 0 Å². The molecular formula is C12H10F4O4. The van der Waals surface area contributed by atoms with E-state index in [9.17, 15) is 22.4 Å². The molecule has 0 amide bonds. The van der Waals surface area contributed by atoms with Crippen LogP contribution in [0.5, 0.6) is 5.75 Å². The van der Waals surface area contributed by atoms with Crippen molar-refractivity contribution in [3.8, 4) is 5.75 Å². The van der Waals surface area contributed by atoms with Crippen LogP contribution in [0.3, 0.4) is 0 Å². The molecule has 1 saturated heterocycles. The van der Waals surface area contributed by atoms with E-state index in [1.165, 1.54) is 24.3 Å². The van der Waals surface area contributed by atoms with Crippen LogP contribution in [-0.2, 0) is 9.53 Å². The van der Waals surface area contributed by atoms with Crippen molar-refractivity contribution >= 4 is 5.97 Å². The normalized spacial score (nSPS) is 21.9. The van der Waals surface area contributed by atoms with Crippen molar-refractivity contribution in [3.05, 3.63) is 29.8 Å². The third-order valence-corrected chi connectivity index (χ3v) is 2.69. The number of alkyl halides is 4. The van der Waals surface area contributed by atoms with Crippen LogP contribution in [0.15, 0.2) is 24.3 Å². The molecule has 2 atom stereocenters. The molecule has 2 unspecified atom stereocenters. The molecule has 1 heterocycles. The Hall–Kier alpha value is -1.83. The van der Waals surface area contributed by atoms with Crippen LogP contribution in [-0.4, -0.2) is 36.1 Å². The molecule has 8 heteroatoms. The molecule has 1 fully saturated rings. The predicted molar refractivity (Wildman–Crippen MR) is 58.1 cm³/mol. The maximum absolute atomic E-state index is 12.6. The van der Waals surface area contributed by atoms with Crippen LogP contribution in [0.1, 0.15) is 11.7 Å². The van der Waals surface area contributed by atoms with Gasteiger partial charge in [0.15, 0.2) is 12.7 Å². The number of epoxide rings is 1. The summed E-state index contributed by atoms with van der Waals surface area (Å²) < 4.78 is 58.5. The van der Waals surface area contributed by atoms with Gasteiger partial charge in [0.25, 0.3) is 0 Å². The van der Waals surface area contributed by atoms with Crippen LogP contribution in [0.2, 0.25) is 0 Å². The van der Waals surface area contributed by atoms with Crippen LogP contribution >= 0.6 is 0 Å². The standard InChI is InChI=1S/C12H10F4O4/c13-11(14)12(15,16)5-19-7-3-1-6(2-4-7)8-9(20-8)10(17)18/h1-4,8-9,11H,5H2,(H,17,18). The first-order valence-electron chi connectivity index (χ1n) is 5.58. The Morgan fingerprint density at radius 3 is 2.40 bits per heavy atom. The van der Waals surface area contributed by atoms with Crippen molar-refractivity contribution in [2.24, 2.45) is 0 Å². The minimum atomic E-state index is -4.22. The highest BCUT2D eigenvalue weighted by molar-refractivity contribution is 5.76. The second-order valence-corrected chi connectivity index (χ2v) is 4.23. The van der Waals surface area contributed by atoms with E-state index in [4.69, 9.17) is 9.84 Å². The zero-order valence-corrected chi connectivity index (χ0v) is 9.93.